The van der Waals surface area contributed by atoms with Crippen molar-refractivity contribution < 1.29 is 4.74 Å². The molecule has 0 unspecified atom stereocenters. The molecule has 1 aromatic carbocycles. The third kappa shape index (κ3) is 4.60. The van der Waals surface area contributed by atoms with Gasteiger partial charge in [-0.1, -0.05) is 6.07 Å². The second-order valence-corrected chi connectivity index (χ2v) is 8.84. The molecule has 1 fully saturated rings. The summed E-state index contributed by atoms with van der Waals surface area (Å²) in [4.78, 5) is 15.9. The highest BCUT2D eigenvalue weighted by molar-refractivity contribution is 5.84. The summed E-state index contributed by atoms with van der Waals surface area (Å²) < 4.78 is 7.90. The van der Waals surface area contributed by atoms with Crippen molar-refractivity contribution in [2.45, 2.75) is 6.42 Å². The van der Waals surface area contributed by atoms with Crippen molar-refractivity contribution in [3.8, 4) is 17.0 Å². The molecule has 0 atom stereocenters. The number of anilines is 1. The van der Waals surface area contributed by atoms with Gasteiger partial charge in [0.25, 0.3) is 0 Å². The number of aromatic nitrogens is 5. The fourth-order valence-corrected chi connectivity index (χ4v) is 4.13. The second-order valence-electron chi connectivity index (χ2n) is 8.84. The second kappa shape index (κ2) is 9.29. The summed E-state index contributed by atoms with van der Waals surface area (Å²) in [6.45, 7) is 5.54. The summed E-state index contributed by atoms with van der Waals surface area (Å²) in [5.74, 6) is 1.53. The van der Waals surface area contributed by atoms with Crippen LogP contribution in [0.1, 0.15) is 6.42 Å². The van der Waals surface area contributed by atoms with Crippen LogP contribution < -0.4 is 9.64 Å². The van der Waals surface area contributed by atoms with E-state index >= 15 is 0 Å². The van der Waals surface area contributed by atoms with Crippen molar-refractivity contribution in [2.24, 2.45) is 0 Å². The normalized spacial score (nSPS) is 15.1. The van der Waals surface area contributed by atoms with E-state index < -0.39 is 0 Å². The van der Waals surface area contributed by atoms with E-state index in [1.165, 1.54) is 0 Å². The predicted octanol–water partition coefficient (Wildman–Crippen LogP) is 2.42. The lowest BCUT2D eigenvalue weighted by Crippen LogP contribution is -2.45. The number of ether oxygens (including phenoxy) is 1. The molecule has 1 aliphatic rings. The SMILES string of the molecule is CN(C)CCCOc1ccc(-c2ccc3ncc4nnc(N5CCN(C)CC5)n4c3c2)cn1. The van der Waals surface area contributed by atoms with E-state index in [0.29, 0.717) is 12.5 Å². The summed E-state index contributed by atoms with van der Waals surface area (Å²) in [6, 6.07) is 10.3. The van der Waals surface area contributed by atoms with Crippen LogP contribution in [-0.2, 0) is 0 Å². The summed E-state index contributed by atoms with van der Waals surface area (Å²) in [5, 5.41) is 8.89. The largest absolute Gasteiger partial charge is 0.478 e. The topological polar surface area (TPSA) is 74.9 Å². The van der Waals surface area contributed by atoms with Gasteiger partial charge < -0.3 is 19.4 Å². The first kappa shape index (κ1) is 21.5. The molecule has 3 aromatic heterocycles. The van der Waals surface area contributed by atoms with E-state index in [-0.39, 0.29) is 0 Å². The molecule has 1 aliphatic heterocycles. The standard InChI is InChI=1S/C24H30N8O/c1-29(2)9-4-14-33-23-8-6-19(16-26-23)18-5-7-20-21(15-18)32-22(17-25-20)27-28-24(32)31-12-10-30(3)11-13-31/h5-8,15-17H,4,9-14H2,1-3H3. The quantitative estimate of drug-likeness (QED) is 0.401. The van der Waals surface area contributed by atoms with Crippen LogP contribution in [0.2, 0.25) is 0 Å². The van der Waals surface area contributed by atoms with Gasteiger partial charge in [-0.05, 0) is 51.3 Å². The van der Waals surface area contributed by atoms with Gasteiger partial charge in [0.05, 0.1) is 23.8 Å². The molecule has 1 saturated heterocycles. The average Bonchev–Trinajstić information content (AvgIpc) is 3.27. The third-order valence-electron chi connectivity index (χ3n) is 6.06. The summed E-state index contributed by atoms with van der Waals surface area (Å²) in [7, 11) is 6.28. The van der Waals surface area contributed by atoms with Crippen molar-refractivity contribution in [3.05, 3.63) is 42.7 Å². The molecule has 33 heavy (non-hydrogen) atoms. The zero-order valence-electron chi connectivity index (χ0n) is 19.5. The Morgan fingerprint density at radius 2 is 1.76 bits per heavy atom. The van der Waals surface area contributed by atoms with Gasteiger partial charge >= 0.3 is 0 Å². The molecule has 5 rings (SSSR count). The average molecular weight is 447 g/mol. The third-order valence-corrected chi connectivity index (χ3v) is 6.06. The zero-order valence-corrected chi connectivity index (χ0v) is 19.5. The Labute approximate surface area is 193 Å². The Kier molecular flexibility index (Phi) is 6.06. The van der Waals surface area contributed by atoms with Gasteiger partial charge in [-0.25, -0.2) is 4.98 Å². The lowest BCUT2D eigenvalue weighted by atomic mass is 10.1. The van der Waals surface area contributed by atoms with Crippen LogP contribution in [-0.4, -0.2) is 94.8 Å². The molecule has 0 bridgehead atoms. The summed E-state index contributed by atoms with van der Waals surface area (Å²) in [5.41, 5.74) is 4.77. The van der Waals surface area contributed by atoms with Crippen LogP contribution in [0, 0.1) is 0 Å². The van der Waals surface area contributed by atoms with Crippen molar-refractivity contribution in [3.63, 3.8) is 0 Å². The van der Waals surface area contributed by atoms with Crippen molar-refractivity contribution in [1.29, 1.82) is 0 Å². The molecular weight excluding hydrogens is 416 g/mol. The van der Waals surface area contributed by atoms with Crippen LogP contribution in [0.25, 0.3) is 27.8 Å². The molecule has 0 spiro atoms. The highest BCUT2D eigenvalue weighted by atomic mass is 16.5. The maximum absolute atomic E-state index is 5.78. The Balaban J connectivity index is 1.43. The molecule has 0 amide bonds. The first-order valence-electron chi connectivity index (χ1n) is 11.4. The van der Waals surface area contributed by atoms with E-state index in [4.69, 9.17) is 4.74 Å². The lowest BCUT2D eigenvalue weighted by molar-refractivity contribution is 0.273. The van der Waals surface area contributed by atoms with Gasteiger partial charge in [0, 0.05) is 50.6 Å². The lowest BCUT2D eigenvalue weighted by Gasteiger charge is -2.32. The van der Waals surface area contributed by atoms with Crippen LogP contribution in [0.5, 0.6) is 5.88 Å². The number of nitrogens with zero attached hydrogens (tertiary/aromatic N) is 8. The summed E-state index contributed by atoms with van der Waals surface area (Å²) in [6.07, 6.45) is 4.63. The van der Waals surface area contributed by atoms with E-state index in [1.54, 1.807) is 6.20 Å². The Hall–Kier alpha value is -3.30. The Bertz CT molecular complexity index is 1230. The van der Waals surface area contributed by atoms with Gasteiger partial charge in [-0.2, -0.15) is 0 Å². The minimum absolute atomic E-state index is 0.651. The molecule has 4 heterocycles. The van der Waals surface area contributed by atoms with Crippen LogP contribution in [0.3, 0.4) is 0 Å². The monoisotopic (exact) mass is 446 g/mol. The van der Waals surface area contributed by atoms with Crippen molar-refractivity contribution in [2.75, 3.05) is 65.4 Å². The highest BCUT2D eigenvalue weighted by Crippen LogP contribution is 2.27. The van der Waals surface area contributed by atoms with E-state index in [9.17, 15) is 0 Å². The number of fused-ring (bicyclic) bond motifs is 3. The number of hydrogen-bond acceptors (Lipinski definition) is 8. The molecule has 0 N–H and O–H groups in total. The van der Waals surface area contributed by atoms with E-state index in [2.05, 4.69) is 78.6 Å². The van der Waals surface area contributed by atoms with Crippen LogP contribution in [0.15, 0.2) is 42.7 Å². The van der Waals surface area contributed by atoms with Crippen molar-refractivity contribution in [1.82, 2.24) is 34.4 Å². The molecule has 0 saturated carbocycles. The molecule has 0 radical (unpaired) electrons. The maximum atomic E-state index is 5.78. The fraction of sp³-hybridized carbons (Fsp3) is 0.417. The number of benzene rings is 1. The number of hydrogen-bond donors (Lipinski definition) is 0. The minimum Gasteiger partial charge on any atom is -0.478 e. The minimum atomic E-state index is 0.651. The summed E-state index contributed by atoms with van der Waals surface area (Å²) >= 11 is 0. The van der Waals surface area contributed by atoms with Gasteiger partial charge in [0.2, 0.25) is 11.8 Å². The van der Waals surface area contributed by atoms with Crippen LogP contribution in [0.4, 0.5) is 5.95 Å². The van der Waals surface area contributed by atoms with Crippen LogP contribution >= 0.6 is 0 Å². The van der Waals surface area contributed by atoms with Crippen molar-refractivity contribution >= 4 is 22.6 Å². The number of likely N-dealkylation sites (N-methyl/N-ethyl adjacent to an activating group) is 1. The highest BCUT2D eigenvalue weighted by Gasteiger charge is 2.20. The first-order chi connectivity index (χ1) is 16.1. The number of pyridine rings is 1. The van der Waals surface area contributed by atoms with Gasteiger partial charge in [-0.15, -0.1) is 10.2 Å². The van der Waals surface area contributed by atoms with Gasteiger partial charge in [0.1, 0.15) is 0 Å². The zero-order chi connectivity index (χ0) is 22.8. The Morgan fingerprint density at radius 1 is 0.939 bits per heavy atom. The van der Waals surface area contributed by atoms with E-state index in [1.807, 2.05) is 18.3 Å². The number of rotatable bonds is 7. The van der Waals surface area contributed by atoms with E-state index in [0.717, 1.165) is 72.9 Å². The molecule has 172 valence electrons. The molecule has 9 heteroatoms. The molecule has 9 nitrogen and oxygen atoms in total. The molecular formula is C24H30N8O. The first-order valence-corrected chi connectivity index (χ1v) is 11.4. The Morgan fingerprint density at radius 3 is 2.52 bits per heavy atom. The fourth-order valence-electron chi connectivity index (χ4n) is 4.13. The number of piperazine rings is 1. The maximum Gasteiger partial charge on any atom is 0.232 e. The molecule has 4 aromatic rings. The predicted molar refractivity (Wildman–Crippen MR) is 130 cm³/mol. The smallest absolute Gasteiger partial charge is 0.232 e. The van der Waals surface area contributed by atoms with Gasteiger partial charge in [0.15, 0.2) is 5.65 Å². The van der Waals surface area contributed by atoms with Gasteiger partial charge in [-0.3, -0.25) is 9.38 Å². The molecule has 0 aliphatic carbocycles.